The smallest absolute Gasteiger partial charge is 0.126 e. The highest BCUT2D eigenvalue weighted by molar-refractivity contribution is 6.30. The number of nitrogens with zero attached hydrogens (tertiary/aromatic N) is 1. The van der Waals surface area contributed by atoms with E-state index in [1.807, 2.05) is 24.3 Å². The Hall–Kier alpha value is -2.30. The van der Waals surface area contributed by atoms with Gasteiger partial charge in [0.15, 0.2) is 0 Å². The van der Waals surface area contributed by atoms with Crippen molar-refractivity contribution in [1.82, 2.24) is 4.98 Å². The molecular formula is C19H15ClF2N2. The average molecular weight is 345 g/mol. The fourth-order valence-electron chi connectivity index (χ4n) is 2.67. The van der Waals surface area contributed by atoms with Crippen molar-refractivity contribution in [3.05, 3.63) is 88.7 Å². The third kappa shape index (κ3) is 3.78. The van der Waals surface area contributed by atoms with Gasteiger partial charge in [-0.15, -0.1) is 0 Å². The van der Waals surface area contributed by atoms with Crippen LogP contribution in [0.5, 0.6) is 0 Å². The summed E-state index contributed by atoms with van der Waals surface area (Å²) in [4.78, 5) is 4.37. The van der Waals surface area contributed by atoms with Gasteiger partial charge >= 0.3 is 0 Å². The van der Waals surface area contributed by atoms with Gasteiger partial charge in [-0.2, -0.15) is 0 Å². The van der Waals surface area contributed by atoms with Crippen LogP contribution in [-0.2, 0) is 6.42 Å². The average Bonchev–Trinajstić information content (AvgIpc) is 2.54. The SMILES string of the molecule is NC(Cc1cc(F)cc(F)c1)c1ncccc1-c1ccc(Cl)cc1. The minimum atomic E-state index is -0.615. The molecule has 0 saturated carbocycles. The van der Waals surface area contributed by atoms with Gasteiger partial charge in [0.05, 0.1) is 11.7 Å². The van der Waals surface area contributed by atoms with Crippen LogP contribution in [0, 0.1) is 11.6 Å². The second-order valence-corrected chi connectivity index (χ2v) is 5.97. The van der Waals surface area contributed by atoms with Crippen molar-refractivity contribution >= 4 is 11.6 Å². The van der Waals surface area contributed by atoms with E-state index in [4.69, 9.17) is 17.3 Å². The molecule has 1 heterocycles. The lowest BCUT2D eigenvalue weighted by Crippen LogP contribution is -2.16. The number of hydrogen-bond acceptors (Lipinski definition) is 2. The quantitative estimate of drug-likeness (QED) is 0.729. The summed E-state index contributed by atoms with van der Waals surface area (Å²) < 4.78 is 26.7. The van der Waals surface area contributed by atoms with Gasteiger partial charge in [-0.05, 0) is 47.9 Å². The van der Waals surface area contributed by atoms with Gasteiger partial charge < -0.3 is 5.73 Å². The van der Waals surface area contributed by atoms with Crippen LogP contribution in [0.2, 0.25) is 5.02 Å². The molecule has 3 aromatic rings. The highest BCUT2D eigenvalue weighted by Crippen LogP contribution is 2.28. The fraction of sp³-hybridized carbons (Fsp3) is 0.105. The van der Waals surface area contributed by atoms with Crippen molar-refractivity contribution in [2.75, 3.05) is 0 Å². The molecule has 1 atom stereocenters. The summed E-state index contributed by atoms with van der Waals surface area (Å²) in [5, 5.41) is 0.642. The van der Waals surface area contributed by atoms with Gasteiger partial charge in [0.1, 0.15) is 11.6 Å². The molecule has 0 aliphatic heterocycles. The fourth-order valence-corrected chi connectivity index (χ4v) is 2.79. The van der Waals surface area contributed by atoms with Crippen LogP contribution in [0.15, 0.2) is 60.8 Å². The molecule has 2 aromatic carbocycles. The molecule has 0 aliphatic carbocycles. The zero-order chi connectivity index (χ0) is 17.1. The lowest BCUT2D eigenvalue weighted by Gasteiger charge is -2.16. The van der Waals surface area contributed by atoms with Gasteiger partial charge in [-0.1, -0.05) is 29.8 Å². The maximum Gasteiger partial charge on any atom is 0.126 e. The highest BCUT2D eigenvalue weighted by atomic mass is 35.5. The minimum absolute atomic E-state index is 0.284. The van der Waals surface area contributed by atoms with Crippen LogP contribution < -0.4 is 5.73 Å². The van der Waals surface area contributed by atoms with Crippen LogP contribution in [0.1, 0.15) is 17.3 Å². The maximum atomic E-state index is 13.4. The number of hydrogen-bond donors (Lipinski definition) is 1. The summed E-state index contributed by atoms with van der Waals surface area (Å²) >= 11 is 5.93. The number of benzene rings is 2. The van der Waals surface area contributed by atoms with Crippen molar-refractivity contribution in [2.24, 2.45) is 5.73 Å². The first-order valence-electron chi connectivity index (χ1n) is 7.44. The molecule has 1 unspecified atom stereocenters. The van der Waals surface area contributed by atoms with E-state index in [0.717, 1.165) is 17.2 Å². The molecule has 2 nitrogen and oxygen atoms in total. The molecule has 122 valence electrons. The van der Waals surface area contributed by atoms with E-state index in [1.165, 1.54) is 12.1 Å². The zero-order valence-electron chi connectivity index (χ0n) is 12.7. The molecule has 0 amide bonds. The van der Waals surface area contributed by atoms with Gasteiger partial charge in [0.2, 0.25) is 0 Å². The van der Waals surface area contributed by atoms with Gasteiger partial charge in [0, 0.05) is 22.8 Å². The van der Waals surface area contributed by atoms with Gasteiger partial charge in [-0.25, -0.2) is 8.78 Å². The van der Waals surface area contributed by atoms with Crippen molar-refractivity contribution in [1.29, 1.82) is 0 Å². The monoisotopic (exact) mass is 344 g/mol. The van der Waals surface area contributed by atoms with Crippen molar-refractivity contribution < 1.29 is 8.78 Å². The molecular weight excluding hydrogens is 330 g/mol. The van der Waals surface area contributed by atoms with E-state index < -0.39 is 17.7 Å². The molecule has 0 bridgehead atoms. The van der Waals surface area contributed by atoms with Crippen LogP contribution in [0.4, 0.5) is 8.78 Å². The van der Waals surface area contributed by atoms with E-state index in [-0.39, 0.29) is 6.42 Å². The number of aromatic nitrogens is 1. The third-order valence-electron chi connectivity index (χ3n) is 3.72. The van der Waals surface area contributed by atoms with Crippen molar-refractivity contribution in [3.8, 4) is 11.1 Å². The Bertz CT molecular complexity index is 830. The predicted octanol–water partition coefficient (Wildman–Crippen LogP) is 4.92. The number of rotatable bonds is 4. The molecule has 1 aromatic heterocycles. The Morgan fingerprint density at radius 3 is 2.33 bits per heavy atom. The summed E-state index contributed by atoms with van der Waals surface area (Å²) in [7, 11) is 0. The molecule has 24 heavy (non-hydrogen) atoms. The number of nitrogens with two attached hydrogens (primary N) is 1. The summed E-state index contributed by atoms with van der Waals surface area (Å²) in [6.45, 7) is 0. The Kier molecular flexibility index (Phi) is 4.88. The van der Waals surface area contributed by atoms with E-state index in [1.54, 1.807) is 18.3 Å². The van der Waals surface area contributed by atoms with Gasteiger partial charge in [0.25, 0.3) is 0 Å². The zero-order valence-corrected chi connectivity index (χ0v) is 13.5. The molecule has 3 rings (SSSR count). The van der Waals surface area contributed by atoms with Crippen LogP contribution in [0.3, 0.4) is 0 Å². The molecule has 5 heteroatoms. The molecule has 0 radical (unpaired) electrons. The summed E-state index contributed by atoms with van der Waals surface area (Å²) in [6.07, 6.45) is 1.94. The Balaban J connectivity index is 1.92. The normalized spacial score (nSPS) is 12.2. The van der Waals surface area contributed by atoms with Crippen LogP contribution in [-0.4, -0.2) is 4.98 Å². The van der Waals surface area contributed by atoms with Crippen LogP contribution in [0.25, 0.3) is 11.1 Å². The second kappa shape index (κ2) is 7.07. The van der Waals surface area contributed by atoms with Crippen molar-refractivity contribution in [2.45, 2.75) is 12.5 Å². The molecule has 0 fully saturated rings. The predicted molar refractivity (Wildman–Crippen MR) is 91.7 cm³/mol. The first-order chi connectivity index (χ1) is 11.5. The molecule has 0 saturated heterocycles. The molecule has 0 spiro atoms. The van der Waals surface area contributed by atoms with E-state index in [2.05, 4.69) is 4.98 Å². The standard InChI is InChI=1S/C19H15ClF2N2/c20-14-5-3-13(4-6-14)17-2-1-7-24-19(17)18(23)10-12-8-15(21)11-16(22)9-12/h1-9,11,18H,10,23H2. The summed E-state index contributed by atoms with van der Waals surface area (Å²) in [6, 6.07) is 14.0. The largest absolute Gasteiger partial charge is 0.322 e. The lowest BCUT2D eigenvalue weighted by molar-refractivity contribution is 0.576. The Labute approximate surface area is 143 Å². The maximum absolute atomic E-state index is 13.4. The highest BCUT2D eigenvalue weighted by Gasteiger charge is 2.15. The van der Waals surface area contributed by atoms with E-state index in [0.29, 0.717) is 16.3 Å². The van der Waals surface area contributed by atoms with Gasteiger partial charge in [-0.3, -0.25) is 4.98 Å². The third-order valence-corrected chi connectivity index (χ3v) is 3.97. The molecule has 2 N–H and O–H groups in total. The summed E-state index contributed by atoms with van der Waals surface area (Å²) in [5.74, 6) is -1.23. The van der Waals surface area contributed by atoms with E-state index >= 15 is 0 Å². The molecule has 0 aliphatic rings. The lowest BCUT2D eigenvalue weighted by atomic mass is 9.96. The Morgan fingerprint density at radius 1 is 1.00 bits per heavy atom. The first-order valence-corrected chi connectivity index (χ1v) is 7.82. The minimum Gasteiger partial charge on any atom is -0.322 e. The summed E-state index contributed by atoms with van der Waals surface area (Å²) in [5.41, 5.74) is 9.23. The second-order valence-electron chi connectivity index (χ2n) is 5.53. The van der Waals surface area contributed by atoms with E-state index in [9.17, 15) is 8.78 Å². The first kappa shape index (κ1) is 16.6. The number of halogens is 3. The topological polar surface area (TPSA) is 38.9 Å². The van der Waals surface area contributed by atoms with Crippen LogP contribution >= 0.6 is 11.6 Å². The van der Waals surface area contributed by atoms with Crippen molar-refractivity contribution in [3.63, 3.8) is 0 Å². The Morgan fingerprint density at radius 2 is 1.67 bits per heavy atom. The number of pyridine rings is 1.